The molecule has 0 spiro atoms. The van der Waals surface area contributed by atoms with Crippen molar-refractivity contribution in [1.29, 1.82) is 0 Å². The monoisotopic (exact) mass is 460 g/mol. The topological polar surface area (TPSA) is 52.6 Å². The van der Waals surface area contributed by atoms with Crippen molar-refractivity contribution in [3.63, 3.8) is 0 Å². The summed E-state index contributed by atoms with van der Waals surface area (Å²) in [6.07, 6.45) is 0. The van der Waals surface area contributed by atoms with Crippen molar-refractivity contribution < 1.29 is 27.8 Å². The molecule has 0 aliphatic carbocycles. The van der Waals surface area contributed by atoms with Crippen LogP contribution in [0.15, 0.2) is 72.8 Å². The summed E-state index contributed by atoms with van der Waals surface area (Å²) in [5.41, 5.74) is 0.852. The second-order valence-corrected chi connectivity index (χ2v) is 7.51. The molecule has 0 saturated heterocycles. The summed E-state index contributed by atoms with van der Waals surface area (Å²) >= 11 is 0. The number of benzene rings is 4. The van der Waals surface area contributed by atoms with Crippen LogP contribution >= 0.6 is 0 Å². The third kappa shape index (κ3) is 4.39. The van der Waals surface area contributed by atoms with E-state index in [0.717, 1.165) is 0 Å². The van der Waals surface area contributed by atoms with E-state index >= 15 is 0 Å². The number of fused-ring (bicyclic) bond motifs is 1. The lowest BCUT2D eigenvalue weighted by atomic mass is 9.89. The fourth-order valence-corrected chi connectivity index (χ4v) is 3.87. The van der Waals surface area contributed by atoms with E-state index in [9.17, 15) is 18.4 Å². The van der Waals surface area contributed by atoms with Crippen LogP contribution in [0.5, 0.6) is 11.5 Å². The van der Waals surface area contributed by atoms with Crippen LogP contribution in [0, 0.1) is 11.6 Å². The zero-order valence-corrected chi connectivity index (χ0v) is 18.7. The van der Waals surface area contributed by atoms with Crippen molar-refractivity contribution in [2.45, 2.75) is 13.8 Å². The first kappa shape index (κ1) is 23.1. The molecule has 4 nitrogen and oxygen atoms in total. The molecular formula is C28H22F2O4. The van der Waals surface area contributed by atoms with Gasteiger partial charge >= 0.3 is 0 Å². The highest BCUT2D eigenvalue weighted by Crippen LogP contribution is 2.38. The molecule has 0 N–H and O–H groups in total. The molecule has 0 unspecified atom stereocenters. The number of carbonyl (C=O) groups is 2. The van der Waals surface area contributed by atoms with Crippen LogP contribution in [-0.4, -0.2) is 24.8 Å². The Bertz CT molecular complexity index is 1260. The quantitative estimate of drug-likeness (QED) is 0.287. The Balaban J connectivity index is 2.05. The maximum atomic E-state index is 13.7. The molecule has 0 heterocycles. The van der Waals surface area contributed by atoms with Gasteiger partial charge in [-0.3, -0.25) is 9.59 Å². The summed E-state index contributed by atoms with van der Waals surface area (Å²) in [7, 11) is 0. The Labute approximate surface area is 195 Å². The minimum atomic E-state index is -0.467. The number of ether oxygens (including phenoxy) is 2. The number of carbonyl (C=O) groups excluding carboxylic acids is 2. The van der Waals surface area contributed by atoms with Gasteiger partial charge in [0.25, 0.3) is 0 Å². The Hall–Kier alpha value is -4.06. The molecule has 0 fully saturated rings. The summed E-state index contributed by atoms with van der Waals surface area (Å²) in [4.78, 5) is 27.4. The maximum Gasteiger partial charge on any atom is 0.197 e. The Kier molecular flexibility index (Phi) is 6.68. The predicted molar refractivity (Wildman–Crippen MR) is 126 cm³/mol. The highest BCUT2D eigenvalue weighted by Gasteiger charge is 2.26. The van der Waals surface area contributed by atoms with Crippen molar-refractivity contribution in [3.8, 4) is 11.5 Å². The van der Waals surface area contributed by atoms with E-state index in [2.05, 4.69) is 0 Å². The lowest BCUT2D eigenvalue weighted by Crippen LogP contribution is -2.12. The second kappa shape index (κ2) is 9.83. The van der Waals surface area contributed by atoms with Crippen LogP contribution in [0.1, 0.15) is 45.7 Å². The highest BCUT2D eigenvalue weighted by molar-refractivity contribution is 6.26. The predicted octanol–water partition coefficient (Wildman–Crippen LogP) is 6.38. The molecule has 0 radical (unpaired) electrons. The van der Waals surface area contributed by atoms with Gasteiger partial charge in [0.05, 0.1) is 24.3 Å². The molecule has 0 amide bonds. The Morgan fingerprint density at radius 2 is 1.00 bits per heavy atom. The van der Waals surface area contributed by atoms with Gasteiger partial charge in [0.2, 0.25) is 0 Å². The van der Waals surface area contributed by atoms with Crippen molar-refractivity contribution in [2.75, 3.05) is 13.2 Å². The zero-order valence-electron chi connectivity index (χ0n) is 18.7. The Morgan fingerprint density at radius 1 is 0.618 bits per heavy atom. The molecule has 34 heavy (non-hydrogen) atoms. The number of rotatable bonds is 8. The number of ketones is 2. The van der Waals surface area contributed by atoms with Crippen LogP contribution in [0.4, 0.5) is 8.78 Å². The van der Waals surface area contributed by atoms with Gasteiger partial charge in [0.1, 0.15) is 23.1 Å². The molecule has 172 valence electrons. The normalized spacial score (nSPS) is 10.8. The van der Waals surface area contributed by atoms with Gasteiger partial charge < -0.3 is 9.47 Å². The minimum Gasteiger partial charge on any atom is -0.493 e. The van der Waals surface area contributed by atoms with Crippen molar-refractivity contribution in [1.82, 2.24) is 0 Å². The van der Waals surface area contributed by atoms with Crippen molar-refractivity contribution in [3.05, 3.63) is 107 Å². The van der Waals surface area contributed by atoms with Gasteiger partial charge in [-0.1, -0.05) is 12.1 Å². The van der Waals surface area contributed by atoms with E-state index in [-0.39, 0.29) is 22.3 Å². The maximum absolute atomic E-state index is 13.7. The Morgan fingerprint density at radius 3 is 1.35 bits per heavy atom. The molecule has 6 heteroatoms. The number of halogens is 2. The van der Waals surface area contributed by atoms with Crippen LogP contribution in [0.2, 0.25) is 0 Å². The fraction of sp³-hybridized carbons (Fsp3) is 0.143. The van der Waals surface area contributed by atoms with E-state index in [1.165, 1.54) is 48.5 Å². The summed E-state index contributed by atoms with van der Waals surface area (Å²) in [5, 5.41) is 0.989. The average Bonchev–Trinajstić information content (AvgIpc) is 2.84. The first-order chi connectivity index (χ1) is 16.4. The standard InChI is InChI=1S/C28H22F2O4/c1-3-33-22-15-9-17-10-16-23(34-4-2)26(28(32)19-7-13-21(30)14-8-19)24(17)25(22)27(31)18-5-11-20(29)12-6-18/h5-16H,3-4H2,1-2H3. The van der Waals surface area contributed by atoms with E-state index < -0.39 is 23.2 Å². The smallest absolute Gasteiger partial charge is 0.197 e. The molecule has 0 aliphatic heterocycles. The molecule has 0 bridgehead atoms. The average molecular weight is 460 g/mol. The zero-order chi connectivity index (χ0) is 24.2. The molecule has 4 rings (SSSR count). The third-order valence-electron chi connectivity index (χ3n) is 5.38. The molecule has 0 aromatic heterocycles. The molecule has 4 aromatic carbocycles. The molecular weight excluding hydrogens is 438 g/mol. The van der Waals surface area contributed by atoms with Crippen molar-refractivity contribution >= 4 is 22.3 Å². The van der Waals surface area contributed by atoms with Crippen LogP contribution in [0.3, 0.4) is 0 Å². The van der Waals surface area contributed by atoms with Gasteiger partial charge in [0.15, 0.2) is 11.6 Å². The van der Waals surface area contributed by atoms with E-state index in [0.29, 0.717) is 35.5 Å². The molecule has 0 aliphatic rings. The SMILES string of the molecule is CCOc1ccc2ccc(OCC)c(C(=O)c3ccc(F)cc3)c2c1C(=O)c1ccc(F)cc1. The van der Waals surface area contributed by atoms with Gasteiger partial charge in [-0.15, -0.1) is 0 Å². The molecule has 0 atom stereocenters. The summed E-state index contributed by atoms with van der Waals surface area (Å²) in [5.74, 6) is -1.18. The fourth-order valence-electron chi connectivity index (χ4n) is 3.87. The lowest BCUT2D eigenvalue weighted by Gasteiger charge is -2.18. The first-order valence-electron chi connectivity index (χ1n) is 10.9. The minimum absolute atomic E-state index is 0.179. The van der Waals surface area contributed by atoms with E-state index in [1.807, 2.05) is 0 Å². The van der Waals surface area contributed by atoms with Crippen LogP contribution in [0.25, 0.3) is 10.8 Å². The summed E-state index contributed by atoms with van der Waals surface area (Å²) < 4.78 is 38.6. The lowest BCUT2D eigenvalue weighted by molar-refractivity contribution is 0.103. The number of hydrogen-bond donors (Lipinski definition) is 0. The third-order valence-corrected chi connectivity index (χ3v) is 5.38. The van der Waals surface area contributed by atoms with Crippen LogP contribution < -0.4 is 9.47 Å². The first-order valence-corrected chi connectivity index (χ1v) is 10.9. The summed E-state index contributed by atoms with van der Waals surface area (Å²) in [6.45, 7) is 4.16. The van der Waals surface area contributed by atoms with Gasteiger partial charge in [-0.05, 0) is 79.9 Å². The largest absolute Gasteiger partial charge is 0.493 e. The summed E-state index contributed by atoms with van der Waals surface area (Å²) in [6, 6.07) is 17.2. The van der Waals surface area contributed by atoms with Gasteiger partial charge in [-0.25, -0.2) is 8.78 Å². The van der Waals surface area contributed by atoms with Crippen LogP contribution in [-0.2, 0) is 0 Å². The highest BCUT2D eigenvalue weighted by atomic mass is 19.1. The second-order valence-electron chi connectivity index (χ2n) is 7.51. The number of hydrogen-bond acceptors (Lipinski definition) is 4. The van der Waals surface area contributed by atoms with E-state index in [1.54, 1.807) is 38.1 Å². The van der Waals surface area contributed by atoms with Gasteiger partial charge in [0, 0.05) is 16.5 Å². The van der Waals surface area contributed by atoms with Crippen molar-refractivity contribution in [2.24, 2.45) is 0 Å². The molecule has 4 aromatic rings. The van der Waals surface area contributed by atoms with Gasteiger partial charge in [-0.2, -0.15) is 0 Å². The molecule has 0 saturated carbocycles. The van der Waals surface area contributed by atoms with E-state index in [4.69, 9.17) is 9.47 Å².